The van der Waals surface area contributed by atoms with Gasteiger partial charge in [0.15, 0.2) is 5.75 Å². The third-order valence-corrected chi connectivity index (χ3v) is 3.92. The number of hydrogen-bond donors (Lipinski definition) is 0. The second kappa shape index (κ2) is 8.82. The van der Waals surface area contributed by atoms with Crippen LogP contribution in [0.1, 0.15) is 26.7 Å². The SMILES string of the molecule is CC(C)COC(=O)CCC(=O)Oc1c(Cl)cc(Cl)c(Cl)c1Cl. The average molecular weight is 388 g/mol. The molecule has 1 aromatic carbocycles. The van der Waals surface area contributed by atoms with Gasteiger partial charge in [-0.25, -0.2) is 0 Å². The van der Waals surface area contributed by atoms with Gasteiger partial charge in [-0.1, -0.05) is 60.3 Å². The normalized spacial score (nSPS) is 10.7. The fourth-order valence-electron chi connectivity index (χ4n) is 1.34. The van der Waals surface area contributed by atoms with Crippen molar-refractivity contribution in [3.8, 4) is 5.75 Å². The standard InChI is InChI=1S/C14H14Cl4O4/c1-7(2)6-21-10(19)3-4-11(20)22-14-9(16)5-8(15)12(17)13(14)18/h5,7H,3-4,6H2,1-2H3. The zero-order valence-corrected chi connectivity index (χ0v) is 14.9. The van der Waals surface area contributed by atoms with Gasteiger partial charge in [-0.15, -0.1) is 0 Å². The van der Waals surface area contributed by atoms with Crippen molar-refractivity contribution in [2.75, 3.05) is 6.61 Å². The highest BCUT2D eigenvalue weighted by Crippen LogP contribution is 2.42. The van der Waals surface area contributed by atoms with E-state index >= 15 is 0 Å². The van der Waals surface area contributed by atoms with Gasteiger partial charge in [0.25, 0.3) is 0 Å². The first kappa shape index (κ1) is 19.4. The Bertz CT molecular complexity index is 572. The van der Waals surface area contributed by atoms with E-state index in [1.54, 1.807) is 0 Å². The summed E-state index contributed by atoms with van der Waals surface area (Å²) in [4.78, 5) is 23.1. The molecule has 4 nitrogen and oxygen atoms in total. The highest BCUT2D eigenvalue weighted by atomic mass is 35.5. The van der Waals surface area contributed by atoms with Crippen LogP contribution in [0, 0.1) is 5.92 Å². The van der Waals surface area contributed by atoms with E-state index in [4.69, 9.17) is 55.9 Å². The van der Waals surface area contributed by atoms with Gasteiger partial charge in [0, 0.05) is 0 Å². The van der Waals surface area contributed by atoms with Crippen molar-refractivity contribution in [3.63, 3.8) is 0 Å². The lowest BCUT2D eigenvalue weighted by molar-refractivity contribution is -0.147. The number of ether oxygens (including phenoxy) is 2. The summed E-state index contributed by atoms with van der Waals surface area (Å²) in [7, 11) is 0. The first-order chi connectivity index (χ1) is 10.2. The summed E-state index contributed by atoms with van der Waals surface area (Å²) in [5.74, 6) is -1.01. The monoisotopic (exact) mass is 386 g/mol. The van der Waals surface area contributed by atoms with E-state index in [2.05, 4.69) is 0 Å². The Kier molecular flexibility index (Phi) is 7.77. The van der Waals surface area contributed by atoms with Gasteiger partial charge in [-0.05, 0) is 12.0 Å². The molecule has 0 amide bonds. The predicted octanol–water partition coefficient (Wildman–Crippen LogP) is 5.19. The van der Waals surface area contributed by atoms with Crippen LogP contribution in [0.5, 0.6) is 5.75 Å². The van der Waals surface area contributed by atoms with E-state index < -0.39 is 11.9 Å². The molecule has 0 fully saturated rings. The fraction of sp³-hybridized carbons (Fsp3) is 0.429. The summed E-state index contributed by atoms with van der Waals surface area (Å²) in [6, 6.07) is 1.32. The van der Waals surface area contributed by atoms with E-state index in [0.29, 0.717) is 6.61 Å². The van der Waals surface area contributed by atoms with Gasteiger partial charge in [-0.2, -0.15) is 0 Å². The highest BCUT2D eigenvalue weighted by molar-refractivity contribution is 6.50. The lowest BCUT2D eigenvalue weighted by atomic mass is 10.2. The number of carbonyl (C=O) groups excluding carboxylic acids is 2. The van der Waals surface area contributed by atoms with E-state index in [1.165, 1.54) is 6.07 Å². The summed E-state index contributed by atoms with van der Waals surface area (Å²) in [5, 5.41) is 0.172. The predicted molar refractivity (Wildman–Crippen MR) is 87.1 cm³/mol. The molecule has 0 aromatic heterocycles. The molecular formula is C14H14Cl4O4. The van der Waals surface area contributed by atoms with Crippen molar-refractivity contribution in [3.05, 3.63) is 26.2 Å². The second-order valence-corrected chi connectivity index (χ2v) is 6.42. The number of esters is 2. The molecule has 0 unspecified atom stereocenters. The summed E-state index contributed by atoms with van der Waals surface area (Å²) < 4.78 is 9.98. The molecule has 0 atom stereocenters. The Morgan fingerprint density at radius 1 is 1.00 bits per heavy atom. The zero-order chi connectivity index (χ0) is 16.9. The van der Waals surface area contributed by atoms with Crippen molar-refractivity contribution in [1.29, 1.82) is 0 Å². The zero-order valence-electron chi connectivity index (χ0n) is 11.9. The molecule has 122 valence electrons. The summed E-state index contributed by atoms with van der Waals surface area (Å²) in [6.07, 6.45) is -0.258. The third-order valence-electron chi connectivity index (χ3n) is 2.40. The van der Waals surface area contributed by atoms with Gasteiger partial charge in [0.05, 0.1) is 34.5 Å². The van der Waals surface area contributed by atoms with Gasteiger partial charge >= 0.3 is 11.9 Å². The Morgan fingerprint density at radius 3 is 2.18 bits per heavy atom. The van der Waals surface area contributed by atoms with Crippen molar-refractivity contribution < 1.29 is 19.1 Å². The minimum Gasteiger partial charge on any atom is -0.465 e. The molecule has 0 bridgehead atoms. The molecule has 8 heteroatoms. The van der Waals surface area contributed by atoms with Crippen molar-refractivity contribution in [1.82, 2.24) is 0 Å². The molecule has 0 aliphatic rings. The van der Waals surface area contributed by atoms with Crippen LogP contribution in [-0.2, 0) is 14.3 Å². The van der Waals surface area contributed by atoms with Crippen molar-refractivity contribution >= 4 is 58.3 Å². The van der Waals surface area contributed by atoms with Crippen LogP contribution in [0.4, 0.5) is 0 Å². The maximum atomic E-state index is 11.7. The smallest absolute Gasteiger partial charge is 0.311 e. The van der Waals surface area contributed by atoms with E-state index in [9.17, 15) is 9.59 Å². The van der Waals surface area contributed by atoms with Crippen LogP contribution in [0.15, 0.2) is 6.07 Å². The first-order valence-corrected chi connectivity index (χ1v) is 7.92. The lowest BCUT2D eigenvalue weighted by Crippen LogP contribution is -2.14. The van der Waals surface area contributed by atoms with E-state index in [0.717, 1.165) is 0 Å². The molecule has 1 rings (SSSR count). The van der Waals surface area contributed by atoms with Crippen LogP contribution >= 0.6 is 46.4 Å². The maximum absolute atomic E-state index is 11.7. The molecule has 0 spiro atoms. The lowest BCUT2D eigenvalue weighted by Gasteiger charge is -2.10. The van der Waals surface area contributed by atoms with Gasteiger partial charge < -0.3 is 9.47 Å². The Hall–Kier alpha value is -0.680. The van der Waals surface area contributed by atoms with Crippen LogP contribution in [-0.4, -0.2) is 18.5 Å². The average Bonchev–Trinajstić information content (AvgIpc) is 2.45. The molecule has 0 heterocycles. The van der Waals surface area contributed by atoms with Gasteiger partial charge in [0.1, 0.15) is 5.02 Å². The molecule has 0 N–H and O–H groups in total. The van der Waals surface area contributed by atoms with Crippen LogP contribution in [0.2, 0.25) is 20.1 Å². The van der Waals surface area contributed by atoms with Gasteiger partial charge in [-0.3, -0.25) is 9.59 Å². The minimum atomic E-state index is -0.677. The molecular weight excluding hydrogens is 374 g/mol. The molecule has 1 aromatic rings. The second-order valence-electron chi connectivity index (χ2n) is 4.85. The highest BCUT2D eigenvalue weighted by Gasteiger charge is 2.19. The van der Waals surface area contributed by atoms with Crippen LogP contribution < -0.4 is 4.74 Å². The Morgan fingerprint density at radius 2 is 1.59 bits per heavy atom. The molecule has 0 aliphatic carbocycles. The molecule has 0 saturated heterocycles. The molecule has 0 saturated carbocycles. The van der Waals surface area contributed by atoms with Crippen molar-refractivity contribution in [2.45, 2.75) is 26.7 Å². The summed E-state index contributed by atoms with van der Waals surface area (Å²) in [6.45, 7) is 4.13. The summed E-state index contributed by atoms with van der Waals surface area (Å²) in [5.41, 5.74) is 0. The quantitative estimate of drug-likeness (QED) is 0.292. The summed E-state index contributed by atoms with van der Waals surface area (Å²) >= 11 is 23.5. The molecule has 0 aliphatic heterocycles. The number of carbonyl (C=O) groups is 2. The number of rotatable bonds is 6. The largest absolute Gasteiger partial charge is 0.465 e. The van der Waals surface area contributed by atoms with Crippen LogP contribution in [0.25, 0.3) is 0 Å². The van der Waals surface area contributed by atoms with Crippen molar-refractivity contribution in [2.24, 2.45) is 5.92 Å². The molecule has 22 heavy (non-hydrogen) atoms. The maximum Gasteiger partial charge on any atom is 0.311 e. The topological polar surface area (TPSA) is 52.6 Å². The number of benzene rings is 1. The first-order valence-electron chi connectivity index (χ1n) is 6.41. The molecule has 0 radical (unpaired) electrons. The fourth-order valence-corrected chi connectivity index (χ4v) is 2.32. The van der Waals surface area contributed by atoms with E-state index in [1.807, 2.05) is 13.8 Å². The Balaban J connectivity index is 2.60. The third kappa shape index (κ3) is 5.84. The van der Waals surface area contributed by atoms with E-state index in [-0.39, 0.29) is 44.6 Å². The van der Waals surface area contributed by atoms with Gasteiger partial charge in [0.2, 0.25) is 0 Å². The number of hydrogen-bond acceptors (Lipinski definition) is 4. The minimum absolute atomic E-state index is 0.0341. The number of halogens is 4. The Labute approximate surface area is 148 Å². The van der Waals surface area contributed by atoms with Crippen LogP contribution in [0.3, 0.4) is 0 Å².